The molecular formula is C11H18O5. The highest BCUT2D eigenvalue weighted by Gasteiger charge is 2.34. The summed E-state index contributed by atoms with van der Waals surface area (Å²) < 4.78 is 15.5. The summed E-state index contributed by atoms with van der Waals surface area (Å²) in [6, 6.07) is 0. The Hall–Kier alpha value is -1.10. The van der Waals surface area contributed by atoms with Crippen molar-refractivity contribution in [1.29, 1.82) is 0 Å². The highest BCUT2D eigenvalue weighted by Crippen LogP contribution is 2.23. The number of esters is 2. The molecule has 0 aromatic carbocycles. The molecule has 0 bridgehead atoms. The van der Waals surface area contributed by atoms with Crippen LogP contribution in [0.3, 0.4) is 0 Å². The zero-order valence-electron chi connectivity index (χ0n) is 9.89. The fourth-order valence-corrected chi connectivity index (χ4v) is 1.76. The van der Waals surface area contributed by atoms with Gasteiger partial charge in [-0.3, -0.25) is 9.59 Å². The van der Waals surface area contributed by atoms with Crippen molar-refractivity contribution in [3.63, 3.8) is 0 Å². The van der Waals surface area contributed by atoms with Crippen molar-refractivity contribution in [2.75, 3.05) is 13.2 Å². The molecule has 5 nitrogen and oxygen atoms in total. The molecule has 3 atom stereocenters. The van der Waals surface area contributed by atoms with Crippen LogP contribution in [-0.2, 0) is 23.8 Å². The molecule has 2 unspecified atom stereocenters. The number of hydrogen-bond acceptors (Lipinski definition) is 5. The monoisotopic (exact) mass is 230 g/mol. The lowest BCUT2D eigenvalue weighted by Crippen LogP contribution is -2.45. The molecule has 0 aromatic heterocycles. The van der Waals surface area contributed by atoms with Crippen LogP contribution in [0.5, 0.6) is 0 Å². The van der Waals surface area contributed by atoms with Gasteiger partial charge in [-0.1, -0.05) is 6.92 Å². The van der Waals surface area contributed by atoms with Gasteiger partial charge in [0.2, 0.25) is 0 Å². The molecule has 5 heteroatoms. The first-order valence-corrected chi connectivity index (χ1v) is 5.43. The predicted molar refractivity (Wildman–Crippen MR) is 55.7 cm³/mol. The second-order valence-electron chi connectivity index (χ2n) is 4.05. The Labute approximate surface area is 95.0 Å². The molecular weight excluding hydrogens is 212 g/mol. The van der Waals surface area contributed by atoms with Crippen LogP contribution < -0.4 is 0 Å². The molecule has 0 aromatic rings. The molecule has 0 N–H and O–H groups in total. The van der Waals surface area contributed by atoms with Crippen molar-refractivity contribution in [3.8, 4) is 0 Å². The van der Waals surface area contributed by atoms with Crippen LogP contribution in [0.25, 0.3) is 0 Å². The molecule has 16 heavy (non-hydrogen) atoms. The van der Waals surface area contributed by atoms with Gasteiger partial charge in [0.15, 0.2) is 0 Å². The third kappa shape index (κ3) is 3.81. The van der Waals surface area contributed by atoms with Gasteiger partial charge < -0.3 is 14.2 Å². The summed E-state index contributed by atoms with van der Waals surface area (Å²) in [6.45, 7) is 5.44. The first-order valence-electron chi connectivity index (χ1n) is 5.43. The Morgan fingerprint density at radius 1 is 1.31 bits per heavy atom. The molecule has 0 saturated carbocycles. The standard InChI is InChI=1S/C11H18O5/c1-7-4-5-14-10(6-15-8(2)12)11(7)16-9(3)13/h7,10-11H,4-6H2,1-3H3/t7?,10-,11?/m1/s1. The number of carbonyl (C=O) groups is 2. The first-order chi connectivity index (χ1) is 7.50. The second kappa shape index (κ2) is 5.84. The van der Waals surface area contributed by atoms with E-state index in [9.17, 15) is 9.59 Å². The van der Waals surface area contributed by atoms with E-state index < -0.39 is 0 Å². The Kier molecular flexibility index (Phi) is 4.73. The molecule has 1 heterocycles. The number of rotatable bonds is 3. The first kappa shape index (κ1) is 13.0. The van der Waals surface area contributed by atoms with Crippen molar-refractivity contribution >= 4 is 11.9 Å². The highest BCUT2D eigenvalue weighted by atomic mass is 16.6. The topological polar surface area (TPSA) is 61.8 Å². The molecule has 1 saturated heterocycles. The van der Waals surface area contributed by atoms with Crippen LogP contribution in [-0.4, -0.2) is 37.4 Å². The summed E-state index contributed by atoms with van der Waals surface area (Å²) in [7, 11) is 0. The van der Waals surface area contributed by atoms with Crippen LogP contribution in [0.2, 0.25) is 0 Å². The summed E-state index contributed by atoms with van der Waals surface area (Å²) in [6.07, 6.45) is 0.163. The van der Waals surface area contributed by atoms with Gasteiger partial charge in [0, 0.05) is 20.5 Å². The smallest absolute Gasteiger partial charge is 0.303 e. The van der Waals surface area contributed by atoms with E-state index in [2.05, 4.69) is 0 Å². The lowest BCUT2D eigenvalue weighted by atomic mass is 9.94. The van der Waals surface area contributed by atoms with E-state index in [0.717, 1.165) is 6.42 Å². The fourth-order valence-electron chi connectivity index (χ4n) is 1.76. The van der Waals surface area contributed by atoms with E-state index in [1.165, 1.54) is 13.8 Å². The maximum Gasteiger partial charge on any atom is 0.303 e. The van der Waals surface area contributed by atoms with Crippen molar-refractivity contribution in [3.05, 3.63) is 0 Å². The molecule has 92 valence electrons. The van der Waals surface area contributed by atoms with Crippen molar-refractivity contribution in [2.45, 2.75) is 39.4 Å². The minimum absolute atomic E-state index is 0.137. The average Bonchev–Trinajstić information content (AvgIpc) is 2.18. The summed E-state index contributed by atoms with van der Waals surface area (Å²) in [5.41, 5.74) is 0. The van der Waals surface area contributed by atoms with E-state index in [4.69, 9.17) is 14.2 Å². The summed E-state index contributed by atoms with van der Waals surface area (Å²) in [4.78, 5) is 21.7. The van der Waals surface area contributed by atoms with Gasteiger partial charge in [0.05, 0.1) is 0 Å². The molecule has 1 fully saturated rings. The number of hydrogen-bond donors (Lipinski definition) is 0. The van der Waals surface area contributed by atoms with Crippen LogP contribution in [0.1, 0.15) is 27.2 Å². The minimum Gasteiger partial charge on any atom is -0.463 e. The maximum absolute atomic E-state index is 11.0. The van der Waals surface area contributed by atoms with E-state index in [1.54, 1.807) is 0 Å². The average molecular weight is 230 g/mol. The fraction of sp³-hybridized carbons (Fsp3) is 0.818. The number of carbonyl (C=O) groups excluding carboxylic acids is 2. The zero-order chi connectivity index (χ0) is 12.1. The van der Waals surface area contributed by atoms with E-state index >= 15 is 0 Å². The SMILES string of the molecule is CC(=O)OC[C@H]1OCCC(C)C1OC(C)=O. The van der Waals surface area contributed by atoms with E-state index in [1.807, 2.05) is 6.92 Å². The van der Waals surface area contributed by atoms with Gasteiger partial charge in [-0.05, 0) is 12.3 Å². The van der Waals surface area contributed by atoms with Crippen molar-refractivity contribution < 1.29 is 23.8 Å². The molecule has 0 spiro atoms. The van der Waals surface area contributed by atoms with Gasteiger partial charge >= 0.3 is 11.9 Å². The lowest BCUT2D eigenvalue weighted by Gasteiger charge is -2.35. The van der Waals surface area contributed by atoms with Crippen LogP contribution >= 0.6 is 0 Å². The van der Waals surface area contributed by atoms with Crippen molar-refractivity contribution in [1.82, 2.24) is 0 Å². The second-order valence-corrected chi connectivity index (χ2v) is 4.05. The van der Waals surface area contributed by atoms with E-state index in [-0.39, 0.29) is 36.7 Å². The summed E-state index contributed by atoms with van der Waals surface area (Å²) in [5.74, 6) is -0.475. The van der Waals surface area contributed by atoms with E-state index in [0.29, 0.717) is 6.61 Å². The summed E-state index contributed by atoms with van der Waals surface area (Å²) >= 11 is 0. The molecule has 0 radical (unpaired) electrons. The largest absolute Gasteiger partial charge is 0.463 e. The van der Waals surface area contributed by atoms with Crippen LogP contribution in [0.15, 0.2) is 0 Å². The quantitative estimate of drug-likeness (QED) is 0.674. The lowest BCUT2D eigenvalue weighted by molar-refractivity contribution is -0.178. The Morgan fingerprint density at radius 2 is 2.00 bits per heavy atom. The highest BCUT2D eigenvalue weighted by molar-refractivity contribution is 5.66. The maximum atomic E-state index is 11.0. The van der Waals surface area contributed by atoms with Gasteiger partial charge in [0.25, 0.3) is 0 Å². The number of ether oxygens (including phenoxy) is 3. The summed E-state index contributed by atoms with van der Waals surface area (Å²) in [5, 5.41) is 0. The van der Waals surface area contributed by atoms with Crippen LogP contribution in [0.4, 0.5) is 0 Å². The predicted octanol–water partition coefficient (Wildman–Crippen LogP) is 0.906. The third-order valence-electron chi connectivity index (χ3n) is 2.59. The molecule has 0 aliphatic carbocycles. The molecule has 1 rings (SSSR count). The molecule has 0 amide bonds. The Morgan fingerprint density at radius 3 is 2.56 bits per heavy atom. The van der Waals surface area contributed by atoms with Crippen LogP contribution in [0, 0.1) is 5.92 Å². The van der Waals surface area contributed by atoms with Gasteiger partial charge in [-0.15, -0.1) is 0 Å². The minimum atomic E-state index is -0.358. The normalized spacial score (nSPS) is 29.6. The van der Waals surface area contributed by atoms with Gasteiger partial charge in [-0.2, -0.15) is 0 Å². The molecule has 1 aliphatic rings. The van der Waals surface area contributed by atoms with Crippen molar-refractivity contribution in [2.24, 2.45) is 5.92 Å². The Balaban J connectivity index is 2.55. The molecule has 1 aliphatic heterocycles. The van der Waals surface area contributed by atoms with Gasteiger partial charge in [-0.25, -0.2) is 0 Å². The third-order valence-corrected chi connectivity index (χ3v) is 2.59. The van der Waals surface area contributed by atoms with Gasteiger partial charge in [0.1, 0.15) is 18.8 Å². The zero-order valence-corrected chi connectivity index (χ0v) is 9.89. The Bertz CT molecular complexity index is 263.